The number of hydrogen-bond donors (Lipinski definition) is 0. The van der Waals surface area contributed by atoms with Crippen molar-refractivity contribution in [2.45, 2.75) is 194 Å². The first-order valence-corrected chi connectivity index (χ1v) is 16.0. The van der Waals surface area contributed by atoms with Gasteiger partial charge in [-0.05, 0) is 12.8 Å². The van der Waals surface area contributed by atoms with E-state index in [9.17, 15) is 4.79 Å². The van der Waals surface area contributed by atoms with Crippen LogP contribution in [0.2, 0.25) is 0 Å². The van der Waals surface area contributed by atoms with E-state index in [0.717, 1.165) is 12.8 Å². The first-order chi connectivity index (χ1) is 16.8. The molecular formula is C32H64O2. The number of carbonyl (C=O) groups excluding carboxylic acids is 1. The first-order valence-electron chi connectivity index (χ1n) is 16.0. The maximum Gasteiger partial charge on any atom is 0.305 e. The molecule has 0 aliphatic carbocycles. The summed E-state index contributed by atoms with van der Waals surface area (Å²) in [5.74, 6) is 0.0258. The van der Waals surface area contributed by atoms with Gasteiger partial charge in [-0.3, -0.25) is 4.79 Å². The van der Waals surface area contributed by atoms with E-state index in [4.69, 9.17) is 4.74 Å². The lowest BCUT2D eigenvalue weighted by molar-refractivity contribution is -0.143. The molecule has 0 aromatic carbocycles. The highest BCUT2D eigenvalue weighted by Crippen LogP contribution is 2.14. The lowest BCUT2D eigenvalue weighted by Gasteiger charge is -2.06. The molecule has 0 bridgehead atoms. The molecule has 0 aromatic rings. The molecule has 0 amide bonds. The van der Waals surface area contributed by atoms with Crippen molar-refractivity contribution in [3.05, 3.63) is 0 Å². The molecule has 0 aliphatic rings. The minimum absolute atomic E-state index is 0.0258. The normalized spacial score (nSPS) is 11.2. The lowest BCUT2D eigenvalue weighted by atomic mass is 10.0. The van der Waals surface area contributed by atoms with Crippen LogP contribution in [-0.2, 0) is 9.53 Å². The smallest absolute Gasteiger partial charge is 0.305 e. The van der Waals surface area contributed by atoms with E-state index in [1.54, 1.807) is 0 Å². The Bertz CT molecular complexity index is 345. The monoisotopic (exact) mass is 480 g/mol. The Morgan fingerprint density at radius 3 is 0.971 bits per heavy atom. The maximum atomic E-state index is 11.9. The highest BCUT2D eigenvalue weighted by Gasteiger charge is 2.02. The molecule has 0 rings (SSSR count). The molecule has 204 valence electrons. The molecule has 0 unspecified atom stereocenters. The number of carbonyl (C=O) groups is 1. The van der Waals surface area contributed by atoms with E-state index >= 15 is 0 Å². The molecule has 0 atom stereocenters. The maximum absolute atomic E-state index is 11.9. The van der Waals surface area contributed by atoms with Gasteiger partial charge in [0.1, 0.15) is 0 Å². The first kappa shape index (κ1) is 33.5. The van der Waals surface area contributed by atoms with Crippen LogP contribution in [0, 0.1) is 0 Å². The molecule has 0 spiro atoms. The number of unbranched alkanes of at least 4 members (excludes halogenated alkanes) is 25. The third-order valence-electron chi connectivity index (χ3n) is 7.25. The van der Waals surface area contributed by atoms with Crippen molar-refractivity contribution in [3.63, 3.8) is 0 Å². The minimum atomic E-state index is 0.0258. The van der Waals surface area contributed by atoms with Gasteiger partial charge in [-0.1, -0.05) is 174 Å². The summed E-state index contributed by atoms with van der Waals surface area (Å²) in [6.07, 6.45) is 37.2. The second-order valence-electron chi connectivity index (χ2n) is 10.8. The largest absolute Gasteiger partial charge is 0.466 e. The SMILES string of the molecule is CCCCCCCCCCCCCCCCC(=O)OCCCCCCCCCCCCCCC. The van der Waals surface area contributed by atoms with E-state index < -0.39 is 0 Å². The van der Waals surface area contributed by atoms with Crippen molar-refractivity contribution in [1.29, 1.82) is 0 Å². The molecule has 0 aliphatic heterocycles. The van der Waals surface area contributed by atoms with Gasteiger partial charge in [0.05, 0.1) is 6.61 Å². The molecule has 0 fully saturated rings. The zero-order chi connectivity index (χ0) is 24.8. The topological polar surface area (TPSA) is 26.3 Å². The molecule has 0 radical (unpaired) electrons. The fraction of sp³-hybridized carbons (Fsp3) is 0.969. The quantitative estimate of drug-likeness (QED) is 0.0785. The fourth-order valence-electron chi connectivity index (χ4n) is 4.84. The minimum Gasteiger partial charge on any atom is -0.466 e. The third kappa shape index (κ3) is 29.5. The van der Waals surface area contributed by atoms with Crippen molar-refractivity contribution in [1.82, 2.24) is 0 Å². The van der Waals surface area contributed by atoms with Crippen LogP contribution in [-0.4, -0.2) is 12.6 Å². The molecule has 0 N–H and O–H groups in total. The molecule has 0 saturated carbocycles. The van der Waals surface area contributed by atoms with Gasteiger partial charge in [-0.15, -0.1) is 0 Å². The molecule has 0 heterocycles. The van der Waals surface area contributed by atoms with E-state index in [0.29, 0.717) is 13.0 Å². The van der Waals surface area contributed by atoms with Crippen LogP contribution in [0.5, 0.6) is 0 Å². The van der Waals surface area contributed by atoms with Gasteiger partial charge in [-0.2, -0.15) is 0 Å². The summed E-state index contributed by atoms with van der Waals surface area (Å²) in [7, 11) is 0. The predicted octanol–water partition coefficient (Wildman–Crippen LogP) is 11.5. The molecule has 0 aromatic heterocycles. The molecule has 2 nitrogen and oxygen atoms in total. The molecule has 34 heavy (non-hydrogen) atoms. The van der Waals surface area contributed by atoms with Crippen molar-refractivity contribution < 1.29 is 9.53 Å². The summed E-state index contributed by atoms with van der Waals surface area (Å²) in [5, 5.41) is 0. The Kier molecular flexibility index (Phi) is 30.0. The molecule has 2 heteroatoms. The van der Waals surface area contributed by atoms with Gasteiger partial charge >= 0.3 is 5.97 Å². The van der Waals surface area contributed by atoms with E-state index in [2.05, 4.69) is 13.8 Å². The fourth-order valence-corrected chi connectivity index (χ4v) is 4.84. The van der Waals surface area contributed by atoms with Gasteiger partial charge in [0, 0.05) is 6.42 Å². The summed E-state index contributed by atoms with van der Waals surface area (Å²) in [4.78, 5) is 11.9. The van der Waals surface area contributed by atoms with E-state index in [1.807, 2.05) is 0 Å². The second-order valence-corrected chi connectivity index (χ2v) is 10.8. The Morgan fingerprint density at radius 2 is 0.647 bits per heavy atom. The average molecular weight is 481 g/mol. The summed E-state index contributed by atoms with van der Waals surface area (Å²) in [6, 6.07) is 0. The zero-order valence-electron chi connectivity index (χ0n) is 23.8. The number of rotatable bonds is 29. The van der Waals surface area contributed by atoms with Gasteiger partial charge in [0.25, 0.3) is 0 Å². The number of esters is 1. The molecule has 0 saturated heterocycles. The summed E-state index contributed by atoms with van der Waals surface area (Å²) >= 11 is 0. The summed E-state index contributed by atoms with van der Waals surface area (Å²) in [6.45, 7) is 5.20. The van der Waals surface area contributed by atoms with Crippen molar-refractivity contribution >= 4 is 5.97 Å². The van der Waals surface area contributed by atoms with Crippen LogP contribution in [0.15, 0.2) is 0 Å². The van der Waals surface area contributed by atoms with E-state index in [-0.39, 0.29) is 5.97 Å². The van der Waals surface area contributed by atoms with Gasteiger partial charge in [0.2, 0.25) is 0 Å². The van der Waals surface area contributed by atoms with Gasteiger partial charge < -0.3 is 4.74 Å². The van der Waals surface area contributed by atoms with Crippen molar-refractivity contribution in [2.75, 3.05) is 6.61 Å². The van der Waals surface area contributed by atoms with Crippen molar-refractivity contribution in [2.24, 2.45) is 0 Å². The van der Waals surface area contributed by atoms with E-state index in [1.165, 1.54) is 161 Å². The highest BCUT2D eigenvalue weighted by molar-refractivity contribution is 5.69. The van der Waals surface area contributed by atoms with Crippen LogP contribution >= 0.6 is 0 Å². The van der Waals surface area contributed by atoms with Crippen LogP contribution in [0.4, 0.5) is 0 Å². The Morgan fingerprint density at radius 1 is 0.382 bits per heavy atom. The van der Waals surface area contributed by atoms with Crippen LogP contribution in [0.3, 0.4) is 0 Å². The van der Waals surface area contributed by atoms with Crippen molar-refractivity contribution in [3.8, 4) is 0 Å². The Labute approximate surface area is 215 Å². The van der Waals surface area contributed by atoms with Crippen LogP contribution < -0.4 is 0 Å². The second kappa shape index (κ2) is 30.5. The Balaban J connectivity index is 3.14. The average Bonchev–Trinajstić information content (AvgIpc) is 2.84. The third-order valence-corrected chi connectivity index (χ3v) is 7.25. The van der Waals surface area contributed by atoms with Crippen LogP contribution in [0.1, 0.15) is 194 Å². The standard InChI is InChI=1S/C32H64O2/c1-3-5-7-9-11-13-15-17-18-20-22-24-26-28-30-32(33)34-31-29-27-25-23-21-19-16-14-12-10-8-6-4-2/h3-31H2,1-2H3. The van der Waals surface area contributed by atoms with Gasteiger partial charge in [-0.25, -0.2) is 0 Å². The molecular weight excluding hydrogens is 416 g/mol. The zero-order valence-corrected chi connectivity index (χ0v) is 23.8. The van der Waals surface area contributed by atoms with Gasteiger partial charge in [0.15, 0.2) is 0 Å². The summed E-state index contributed by atoms with van der Waals surface area (Å²) in [5.41, 5.74) is 0. The number of ether oxygens (including phenoxy) is 1. The van der Waals surface area contributed by atoms with Crippen LogP contribution in [0.25, 0.3) is 0 Å². The summed E-state index contributed by atoms with van der Waals surface area (Å²) < 4.78 is 5.42. The highest BCUT2D eigenvalue weighted by atomic mass is 16.5. The lowest BCUT2D eigenvalue weighted by Crippen LogP contribution is -2.05. The number of hydrogen-bond acceptors (Lipinski definition) is 2. The Hall–Kier alpha value is -0.530. The predicted molar refractivity (Wildman–Crippen MR) is 152 cm³/mol.